The SMILES string of the molecule is N[C@@H](CCC(F)(F)F)C(=O)O.N[C@H](CCC(F)(F)F)C(=O)O.O=C(N[C@@H](CCC(F)(F)F)C(=O)O)OCc1ccccc1.O=C(N[C@H](CCC(F)(F)F)C(=O)O)OCc1ccccc1. The Bertz CT molecular complexity index is 1580. The lowest BCUT2D eigenvalue weighted by Crippen LogP contribution is -2.41. The number of amides is 2. The highest BCUT2D eigenvalue weighted by Crippen LogP contribution is 2.24. The minimum Gasteiger partial charge on any atom is -0.480 e. The van der Waals surface area contributed by atoms with Crippen LogP contribution in [0.4, 0.5) is 62.3 Å². The number of ether oxygens (including phenoxy) is 2. The number of carbonyl (C=O) groups excluding carboxylic acids is 2. The van der Waals surface area contributed by atoms with Gasteiger partial charge in [0.05, 0.1) is 0 Å². The normalized spacial score (nSPS) is 13.2. The molecule has 0 aromatic heterocycles. The smallest absolute Gasteiger partial charge is 0.408 e. The highest BCUT2D eigenvalue weighted by molar-refractivity contribution is 5.80. The van der Waals surface area contributed by atoms with E-state index < -0.39 is 136 Å². The second-order valence-corrected chi connectivity index (χ2v) is 12.7. The van der Waals surface area contributed by atoms with Crippen LogP contribution in [-0.2, 0) is 41.9 Å². The molecule has 0 unspecified atom stereocenters. The first kappa shape index (κ1) is 60.0. The lowest BCUT2D eigenvalue weighted by Gasteiger charge is -2.15. The third kappa shape index (κ3) is 36.6. The van der Waals surface area contributed by atoms with Gasteiger partial charge in [0, 0.05) is 25.7 Å². The third-order valence-electron chi connectivity index (χ3n) is 7.15. The quantitative estimate of drug-likeness (QED) is 0.0706. The second kappa shape index (κ2) is 29.3. The highest BCUT2D eigenvalue weighted by Gasteiger charge is 2.33. The maximum atomic E-state index is 12.0. The lowest BCUT2D eigenvalue weighted by molar-refractivity contribution is -0.147. The minimum atomic E-state index is -4.48. The molecule has 0 bridgehead atoms. The summed E-state index contributed by atoms with van der Waals surface area (Å²) >= 11 is 0. The number of alkyl halides is 12. The average Bonchev–Trinajstić information content (AvgIpc) is 3.17. The Labute approximate surface area is 354 Å². The number of benzene rings is 2. The molecule has 364 valence electrons. The predicted molar refractivity (Wildman–Crippen MR) is 195 cm³/mol. The Morgan fingerprint density at radius 3 is 0.922 bits per heavy atom. The molecule has 4 atom stereocenters. The number of aliphatic carboxylic acids is 4. The number of carboxylic acid groups (broad SMARTS) is 4. The molecule has 0 aliphatic carbocycles. The minimum absolute atomic E-state index is 0.0989. The van der Waals surface area contributed by atoms with Crippen molar-refractivity contribution in [1.82, 2.24) is 10.6 Å². The number of nitrogens with one attached hydrogen (secondary N) is 2. The topological polar surface area (TPSA) is 278 Å². The molecular formula is C36H44F12N4O12. The van der Waals surface area contributed by atoms with Crippen molar-refractivity contribution in [1.29, 1.82) is 0 Å². The zero-order valence-corrected chi connectivity index (χ0v) is 32.9. The van der Waals surface area contributed by atoms with E-state index in [0.717, 1.165) is 0 Å². The van der Waals surface area contributed by atoms with Gasteiger partial charge in [-0.15, -0.1) is 0 Å². The number of halogens is 12. The second-order valence-electron chi connectivity index (χ2n) is 12.7. The van der Waals surface area contributed by atoms with E-state index in [2.05, 4.69) is 0 Å². The van der Waals surface area contributed by atoms with E-state index in [0.29, 0.717) is 11.1 Å². The molecule has 0 saturated carbocycles. The maximum Gasteiger partial charge on any atom is 0.408 e. The van der Waals surface area contributed by atoms with Gasteiger partial charge < -0.3 is 52.0 Å². The number of carbonyl (C=O) groups is 6. The van der Waals surface area contributed by atoms with Crippen LogP contribution >= 0.6 is 0 Å². The number of hydrogen-bond donors (Lipinski definition) is 8. The largest absolute Gasteiger partial charge is 0.480 e. The van der Waals surface area contributed by atoms with Gasteiger partial charge in [0.25, 0.3) is 0 Å². The van der Waals surface area contributed by atoms with Gasteiger partial charge in [0.1, 0.15) is 37.4 Å². The Hall–Kier alpha value is -6.06. The Morgan fingerprint density at radius 2 is 0.703 bits per heavy atom. The molecule has 2 amide bonds. The van der Waals surface area contributed by atoms with E-state index in [1.54, 1.807) is 60.7 Å². The molecule has 0 aliphatic rings. The first-order valence-electron chi connectivity index (χ1n) is 17.8. The fourth-order valence-electron chi connectivity index (χ4n) is 3.83. The van der Waals surface area contributed by atoms with Gasteiger partial charge >= 0.3 is 60.8 Å². The summed E-state index contributed by atoms with van der Waals surface area (Å²) in [7, 11) is 0. The molecular weight excluding hydrogens is 908 g/mol. The van der Waals surface area contributed by atoms with Crippen molar-refractivity contribution >= 4 is 36.1 Å². The van der Waals surface area contributed by atoms with Gasteiger partial charge in [0.15, 0.2) is 0 Å². The zero-order chi connectivity index (χ0) is 49.9. The molecule has 2 aromatic rings. The van der Waals surface area contributed by atoms with E-state index in [1.165, 1.54) is 0 Å². The molecule has 2 rings (SSSR count). The monoisotopic (exact) mass is 952 g/mol. The van der Waals surface area contributed by atoms with Gasteiger partial charge in [0.2, 0.25) is 0 Å². The van der Waals surface area contributed by atoms with E-state index in [4.69, 9.17) is 41.4 Å². The number of alkyl carbamates (subject to hydrolysis) is 2. The van der Waals surface area contributed by atoms with E-state index >= 15 is 0 Å². The van der Waals surface area contributed by atoms with Crippen molar-refractivity contribution in [2.24, 2.45) is 11.5 Å². The summed E-state index contributed by atoms with van der Waals surface area (Å²) in [5.74, 6) is -5.91. The number of nitrogens with two attached hydrogens (primary N) is 2. The van der Waals surface area contributed by atoms with Gasteiger partial charge in [-0.25, -0.2) is 19.2 Å². The van der Waals surface area contributed by atoms with E-state index in [1.807, 2.05) is 10.6 Å². The number of rotatable bonds is 18. The standard InChI is InChI=1S/2C13H14F3NO4.2C5H8F3NO2/c2*14-13(15,16)7-6-10(11(18)19)17-12(20)21-8-9-4-2-1-3-5-9;2*6-5(7,8)2-1-3(9)4(10)11/h2*1-5,10H,6-8H2,(H,17,20)(H,18,19);2*3H,1-2,9H2,(H,10,11)/t2*10-;2*3-/m1010/s1. The molecule has 0 aliphatic heterocycles. The fourth-order valence-corrected chi connectivity index (χ4v) is 3.83. The van der Waals surface area contributed by atoms with Crippen LogP contribution in [-0.4, -0.2) is 105 Å². The van der Waals surface area contributed by atoms with Crippen LogP contribution in [0.5, 0.6) is 0 Å². The van der Waals surface area contributed by atoms with Crippen molar-refractivity contribution in [3.8, 4) is 0 Å². The summed E-state index contributed by atoms with van der Waals surface area (Å²) < 4.78 is 150. The summed E-state index contributed by atoms with van der Waals surface area (Å²) in [5.41, 5.74) is 11.0. The lowest BCUT2D eigenvalue weighted by atomic mass is 10.1. The molecule has 64 heavy (non-hydrogen) atoms. The van der Waals surface area contributed by atoms with Crippen molar-refractivity contribution in [2.75, 3.05) is 0 Å². The van der Waals surface area contributed by atoms with Crippen LogP contribution in [0.3, 0.4) is 0 Å². The molecule has 0 radical (unpaired) electrons. The highest BCUT2D eigenvalue weighted by atomic mass is 19.4. The summed E-state index contributed by atoms with van der Waals surface area (Å²) in [6, 6.07) is 11.0. The van der Waals surface area contributed by atoms with Crippen LogP contribution < -0.4 is 22.1 Å². The summed E-state index contributed by atoms with van der Waals surface area (Å²) in [6.07, 6.45) is -27.3. The molecule has 16 nitrogen and oxygen atoms in total. The van der Waals surface area contributed by atoms with E-state index in [9.17, 15) is 81.5 Å². The van der Waals surface area contributed by atoms with Gasteiger partial charge in [-0.2, -0.15) is 52.7 Å². The molecule has 0 saturated heterocycles. The molecule has 0 heterocycles. The average molecular weight is 953 g/mol. The van der Waals surface area contributed by atoms with Crippen LogP contribution in [0.25, 0.3) is 0 Å². The molecule has 2 aromatic carbocycles. The van der Waals surface area contributed by atoms with E-state index in [-0.39, 0.29) is 13.2 Å². The maximum absolute atomic E-state index is 12.0. The first-order valence-corrected chi connectivity index (χ1v) is 17.8. The Morgan fingerprint density at radius 1 is 0.453 bits per heavy atom. The van der Waals surface area contributed by atoms with Crippen molar-refractivity contribution < 1.29 is 111 Å². The van der Waals surface area contributed by atoms with Gasteiger partial charge in [-0.1, -0.05) is 60.7 Å². The molecule has 28 heteroatoms. The van der Waals surface area contributed by atoms with Crippen molar-refractivity contribution in [2.45, 2.75) is 113 Å². The summed E-state index contributed by atoms with van der Waals surface area (Å²) in [4.78, 5) is 64.2. The first-order chi connectivity index (χ1) is 29.2. The molecule has 0 spiro atoms. The van der Waals surface area contributed by atoms with Crippen molar-refractivity contribution in [3.05, 3.63) is 71.8 Å². The van der Waals surface area contributed by atoms with Gasteiger partial charge in [-0.05, 0) is 36.8 Å². The van der Waals surface area contributed by atoms with Crippen LogP contribution in [0.2, 0.25) is 0 Å². The number of carboxylic acids is 4. The van der Waals surface area contributed by atoms with Crippen molar-refractivity contribution in [3.63, 3.8) is 0 Å². The van der Waals surface area contributed by atoms with Crippen LogP contribution in [0, 0.1) is 0 Å². The zero-order valence-electron chi connectivity index (χ0n) is 32.9. The predicted octanol–water partition coefficient (Wildman–Crippen LogP) is 6.90. The van der Waals surface area contributed by atoms with Crippen LogP contribution in [0.1, 0.15) is 62.5 Å². The Balaban J connectivity index is 0. The number of hydrogen-bond acceptors (Lipinski definition) is 10. The fraction of sp³-hybridized carbons (Fsp3) is 0.500. The molecule has 0 fully saturated rings. The summed E-state index contributed by atoms with van der Waals surface area (Å²) in [5, 5.41) is 37.5. The Kier molecular flexibility index (Phi) is 27.5. The van der Waals surface area contributed by atoms with Gasteiger partial charge in [-0.3, -0.25) is 9.59 Å². The van der Waals surface area contributed by atoms with Crippen LogP contribution in [0.15, 0.2) is 60.7 Å². The third-order valence-corrected chi connectivity index (χ3v) is 7.15. The summed E-state index contributed by atoms with van der Waals surface area (Å²) in [6.45, 7) is -0.198. The molecule has 10 N–H and O–H groups in total.